The van der Waals surface area contributed by atoms with Gasteiger partial charge in [-0.2, -0.15) is 0 Å². The third kappa shape index (κ3) is 3.47. The minimum Gasteiger partial charge on any atom is -0.320 e. The Balaban J connectivity index is 2.64. The van der Waals surface area contributed by atoms with Crippen LogP contribution in [-0.4, -0.2) is 16.9 Å². The molecule has 3 N–H and O–H groups in total. The predicted octanol–water partition coefficient (Wildman–Crippen LogP) is 2.05. The molecule has 0 spiro atoms. The summed E-state index contributed by atoms with van der Waals surface area (Å²) in [5.74, 6) is 0.333. The standard InChI is InChI=1S/C11H16ClN3O/c1-3-7(2)10(13)11(16)15-9-6-4-5-8(12)14-9/h4-7,10H,3,13H2,1-2H3,(H,14,15,16)/t7-,10-/m0/s1. The van der Waals surface area contributed by atoms with E-state index in [9.17, 15) is 4.79 Å². The van der Waals surface area contributed by atoms with Crippen molar-refractivity contribution in [3.05, 3.63) is 23.4 Å². The Labute approximate surface area is 100 Å². The third-order valence-electron chi connectivity index (χ3n) is 2.53. The quantitative estimate of drug-likeness (QED) is 0.793. The lowest BCUT2D eigenvalue weighted by Crippen LogP contribution is -2.40. The maximum atomic E-state index is 11.7. The molecule has 5 heteroatoms. The van der Waals surface area contributed by atoms with Crippen molar-refractivity contribution in [2.24, 2.45) is 11.7 Å². The molecule has 1 aromatic rings. The van der Waals surface area contributed by atoms with E-state index < -0.39 is 6.04 Å². The van der Waals surface area contributed by atoms with E-state index in [1.807, 2.05) is 13.8 Å². The van der Waals surface area contributed by atoms with Crippen molar-refractivity contribution in [1.29, 1.82) is 0 Å². The highest BCUT2D eigenvalue weighted by molar-refractivity contribution is 6.29. The van der Waals surface area contributed by atoms with Crippen molar-refractivity contribution >= 4 is 23.3 Å². The molecular formula is C11H16ClN3O. The van der Waals surface area contributed by atoms with Crippen LogP contribution in [0.1, 0.15) is 20.3 Å². The molecule has 0 fully saturated rings. The smallest absolute Gasteiger partial charge is 0.242 e. The molecule has 16 heavy (non-hydrogen) atoms. The Morgan fingerprint density at radius 2 is 2.31 bits per heavy atom. The van der Waals surface area contributed by atoms with Gasteiger partial charge in [0.25, 0.3) is 0 Å². The molecule has 1 amide bonds. The number of pyridine rings is 1. The first-order chi connectivity index (χ1) is 7.54. The van der Waals surface area contributed by atoms with Gasteiger partial charge in [-0.3, -0.25) is 4.79 Å². The van der Waals surface area contributed by atoms with Gasteiger partial charge in [0.05, 0.1) is 6.04 Å². The van der Waals surface area contributed by atoms with Crippen LogP contribution < -0.4 is 11.1 Å². The van der Waals surface area contributed by atoms with Gasteiger partial charge in [0.1, 0.15) is 11.0 Å². The van der Waals surface area contributed by atoms with Gasteiger partial charge in [0, 0.05) is 0 Å². The Hall–Kier alpha value is -1.13. The van der Waals surface area contributed by atoms with Crippen molar-refractivity contribution in [3.8, 4) is 0 Å². The SMILES string of the molecule is CC[C@H](C)[C@H](N)C(=O)Nc1cccc(Cl)n1. The van der Waals surface area contributed by atoms with Crippen LogP contribution in [0.2, 0.25) is 5.15 Å². The Kier molecular flexibility index (Phi) is 4.71. The number of rotatable bonds is 4. The number of anilines is 1. The summed E-state index contributed by atoms with van der Waals surface area (Å²) in [5, 5.41) is 2.98. The van der Waals surface area contributed by atoms with Gasteiger partial charge >= 0.3 is 0 Å². The zero-order chi connectivity index (χ0) is 12.1. The highest BCUT2D eigenvalue weighted by Gasteiger charge is 2.19. The number of amides is 1. The molecule has 1 rings (SSSR count). The highest BCUT2D eigenvalue weighted by atomic mass is 35.5. The normalized spacial score (nSPS) is 14.2. The Morgan fingerprint density at radius 1 is 1.62 bits per heavy atom. The lowest BCUT2D eigenvalue weighted by Gasteiger charge is -2.17. The average molecular weight is 242 g/mol. The van der Waals surface area contributed by atoms with E-state index in [1.165, 1.54) is 0 Å². The monoisotopic (exact) mass is 241 g/mol. The van der Waals surface area contributed by atoms with Crippen LogP contribution >= 0.6 is 11.6 Å². The van der Waals surface area contributed by atoms with Gasteiger partial charge in [-0.25, -0.2) is 4.98 Å². The molecule has 0 saturated heterocycles. The number of nitrogens with zero attached hydrogens (tertiary/aromatic N) is 1. The number of halogens is 1. The number of aromatic nitrogens is 1. The van der Waals surface area contributed by atoms with Crippen LogP contribution in [-0.2, 0) is 4.79 Å². The molecule has 1 heterocycles. The van der Waals surface area contributed by atoms with Crippen LogP contribution in [0, 0.1) is 5.92 Å². The molecule has 0 radical (unpaired) electrons. The average Bonchev–Trinajstić information content (AvgIpc) is 2.27. The molecule has 0 bridgehead atoms. The molecule has 0 aliphatic carbocycles. The van der Waals surface area contributed by atoms with Gasteiger partial charge in [0.2, 0.25) is 5.91 Å². The topological polar surface area (TPSA) is 68.0 Å². The number of carbonyl (C=O) groups is 1. The van der Waals surface area contributed by atoms with E-state index in [0.717, 1.165) is 6.42 Å². The van der Waals surface area contributed by atoms with Crippen molar-refractivity contribution in [1.82, 2.24) is 4.98 Å². The van der Waals surface area contributed by atoms with Gasteiger partial charge in [-0.05, 0) is 18.1 Å². The zero-order valence-electron chi connectivity index (χ0n) is 9.40. The summed E-state index contributed by atoms with van der Waals surface area (Å²) in [7, 11) is 0. The van der Waals surface area contributed by atoms with E-state index in [-0.39, 0.29) is 11.8 Å². The van der Waals surface area contributed by atoms with E-state index >= 15 is 0 Å². The largest absolute Gasteiger partial charge is 0.320 e. The van der Waals surface area contributed by atoms with E-state index in [1.54, 1.807) is 18.2 Å². The van der Waals surface area contributed by atoms with Gasteiger partial charge < -0.3 is 11.1 Å². The molecule has 0 aliphatic rings. The van der Waals surface area contributed by atoms with Gasteiger partial charge in [-0.15, -0.1) is 0 Å². The summed E-state index contributed by atoms with van der Waals surface area (Å²) in [6.45, 7) is 3.94. The molecule has 1 aromatic heterocycles. The second kappa shape index (κ2) is 5.82. The first kappa shape index (κ1) is 12.9. The number of hydrogen-bond acceptors (Lipinski definition) is 3. The third-order valence-corrected chi connectivity index (χ3v) is 2.74. The number of nitrogens with one attached hydrogen (secondary N) is 1. The lowest BCUT2D eigenvalue weighted by molar-refractivity contribution is -0.118. The van der Waals surface area contributed by atoms with Gasteiger partial charge in [-0.1, -0.05) is 37.9 Å². The number of carbonyl (C=O) groups excluding carboxylic acids is 1. The molecular weight excluding hydrogens is 226 g/mol. The molecule has 2 atom stereocenters. The second-order valence-electron chi connectivity index (χ2n) is 3.75. The van der Waals surface area contributed by atoms with Gasteiger partial charge in [0.15, 0.2) is 0 Å². The number of hydrogen-bond donors (Lipinski definition) is 2. The van der Waals surface area contributed by atoms with E-state index in [0.29, 0.717) is 11.0 Å². The van der Waals surface area contributed by atoms with Crippen molar-refractivity contribution in [3.63, 3.8) is 0 Å². The van der Waals surface area contributed by atoms with Crippen LogP contribution in [0.15, 0.2) is 18.2 Å². The minimum absolute atomic E-state index is 0.138. The van der Waals surface area contributed by atoms with E-state index in [4.69, 9.17) is 17.3 Å². The van der Waals surface area contributed by atoms with E-state index in [2.05, 4.69) is 10.3 Å². The molecule has 88 valence electrons. The second-order valence-corrected chi connectivity index (χ2v) is 4.13. The van der Waals surface area contributed by atoms with Crippen molar-refractivity contribution in [2.45, 2.75) is 26.3 Å². The lowest BCUT2D eigenvalue weighted by atomic mass is 9.99. The summed E-state index contributed by atoms with van der Waals surface area (Å²) in [4.78, 5) is 15.7. The van der Waals surface area contributed by atoms with Crippen LogP contribution in [0.5, 0.6) is 0 Å². The molecule has 0 aromatic carbocycles. The summed E-state index contributed by atoms with van der Waals surface area (Å²) in [5.41, 5.74) is 5.78. The van der Waals surface area contributed by atoms with Crippen LogP contribution in [0.3, 0.4) is 0 Å². The van der Waals surface area contributed by atoms with Crippen molar-refractivity contribution in [2.75, 3.05) is 5.32 Å². The minimum atomic E-state index is -0.522. The van der Waals surface area contributed by atoms with Crippen LogP contribution in [0.4, 0.5) is 5.82 Å². The first-order valence-electron chi connectivity index (χ1n) is 5.23. The summed E-state index contributed by atoms with van der Waals surface area (Å²) in [6.07, 6.45) is 0.859. The molecule has 0 aliphatic heterocycles. The maximum Gasteiger partial charge on any atom is 0.242 e. The fraction of sp³-hybridized carbons (Fsp3) is 0.455. The number of nitrogens with two attached hydrogens (primary N) is 1. The Bertz CT molecular complexity index is 370. The predicted molar refractivity (Wildman–Crippen MR) is 65.3 cm³/mol. The summed E-state index contributed by atoms with van der Waals surface area (Å²) in [6, 6.07) is 4.52. The first-order valence-corrected chi connectivity index (χ1v) is 5.61. The van der Waals surface area contributed by atoms with Crippen molar-refractivity contribution < 1.29 is 4.79 Å². The Morgan fingerprint density at radius 3 is 2.88 bits per heavy atom. The summed E-state index contributed by atoms with van der Waals surface area (Å²) < 4.78 is 0. The molecule has 0 unspecified atom stereocenters. The molecule has 0 saturated carbocycles. The van der Waals surface area contributed by atoms with Crippen LogP contribution in [0.25, 0.3) is 0 Å². The fourth-order valence-electron chi connectivity index (χ4n) is 1.20. The summed E-state index contributed by atoms with van der Waals surface area (Å²) >= 11 is 5.70. The zero-order valence-corrected chi connectivity index (χ0v) is 10.2. The maximum absolute atomic E-state index is 11.7. The fourth-order valence-corrected chi connectivity index (χ4v) is 1.36. The molecule has 4 nitrogen and oxygen atoms in total. The highest BCUT2D eigenvalue weighted by Crippen LogP contribution is 2.11.